The lowest BCUT2D eigenvalue weighted by Gasteiger charge is -2.29. The third-order valence-corrected chi connectivity index (χ3v) is 8.13. The molecule has 1 heteroatoms. The van der Waals surface area contributed by atoms with Crippen molar-refractivity contribution in [3.8, 4) is 5.75 Å². The molecule has 0 heterocycles. The summed E-state index contributed by atoms with van der Waals surface area (Å²) in [6.07, 6.45) is 31.5. The number of unbranched alkanes of at least 4 members (excludes halogenated alkanes) is 17. The molecule has 0 aliphatic heterocycles. The van der Waals surface area contributed by atoms with Crippen molar-refractivity contribution in [3.05, 3.63) is 29.8 Å². The van der Waals surface area contributed by atoms with E-state index in [4.69, 9.17) is 0 Å². The number of hydrogen-bond acceptors (Lipinski definition) is 1. The summed E-state index contributed by atoms with van der Waals surface area (Å²) >= 11 is 0. The lowest BCUT2D eigenvalue weighted by molar-refractivity contribution is 0.314. The van der Waals surface area contributed by atoms with E-state index in [1.807, 2.05) is 12.1 Å². The van der Waals surface area contributed by atoms with Crippen LogP contribution in [0, 0.1) is 5.92 Å². The summed E-state index contributed by atoms with van der Waals surface area (Å²) in [5, 5.41) is 10.8. The SMILES string of the molecule is CCCCCCCCCCCC(c1ccccc1O)C(CCCCCC)CCCCCCCCC. The zero-order valence-electron chi connectivity index (χ0n) is 24.2. The van der Waals surface area contributed by atoms with Crippen LogP contribution < -0.4 is 0 Å². The van der Waals surface area contributed by atoms with E-state index in [2.05, 4.69) is 32.9 Å². The van der Waals surface area contributed by atoms with Crippen molar-refractivity contribution in [1.29, 1.82) is 0 Å². The van der Waals surface area contributed by atoms with E-state index in [0.717, 1.165) is 5.92 Å². The summed E-state index contributed by atoms with van der Waals surface area (Å²) in [7, 11) is 0. The molecule has 0 spiro atoms. The molecule has 2 atom stereocenters. The number of benzene rings is 1. The average molecular weight is 487 g/mol. The van der Waals surface area contributed by atoms with Gasteiger partial charge in [0.2, 0.25) is 0 Å². The van der Waals surface area contributed by atoms with Gasteiger partial charge >= 0.3 is 0 Å². The molecular weight excluding hydrogens is 424 g/mol. The normalized spacial score (nSPS) is 13.2. The van der Waals surface area contributed by atoms with Crippen LogP contribution in [0.1, 0.15) is 180 Å². The number of hydrogen-bond donors (Lipinski definition) is 1. The predicted octanol–water partition coefficient (Wildman–Crippen LogP) is 12.1. The van der Waals surface area contributed by atoms with Crippen molar-refractivity contribution < 1.29 is 5.11 Å². The molecule has 0 aliphatic rings. The summed E-state index contributed by atoms with van der Waals surface area (Å²) in [6, 6.07) is 8.26. The third kappa shape index (κ3) is 16.4. The van der Waals surface area contributed by atoms with E-state index < -0.39 is 0 Å². The van der Waals surface area contributed by atoms with Gasteiger partial charge in [0.25, 0.3) is 0 Å². The van der Waals surface area contributed by atoms with Crippen molar-refractivity contribution >= 4 is 0 Å². The molecule has 0 fully saturated rings. The number of rotatable bonds is 25. The Morgan fingerprint density at radius 1 is 0.486 bits per heavy atom. The topological polar surface area (TPSA) is 20.2 Å². The summed E-state index contributed by atoms with van der Waals surface area (Å²) in [4.78, 5) is 0. The highest BCUT2D eigenvalue weighted by atomic mass is 16.3. The monoisotopic (exact) mass is 486 g/mol. The smallest absolute Gasteiger partial charge is 0.119 e. The van der Waals surface area contributed by atoms with Crippen LogP contribution in [0.5, 0.6) is 5.75 Å². The summed E-state index contributed by atoms with van der Waals surface area (Å²) in [5.41, 5.74) is 1.23. The Morgan fingerprint density at radius 2 is 0.857 bits per heavy atom. The highest BCUT2D eigenvalue weighted by Crippen LogP contribution is 2.40. The molecule has 0 aliphatic carbocycles. The maximum absolute atomic E-state index is 10.8. The van der Waals surface area contributed by atoms with Crippen LogP contribution in [0.3, 0.4) is 0 Å². The molecule has 1 aromatic rings. The van der Waals surface area contributed by atoms with Crippen LogP contribution in [-0.2, 0) is 0 Å². The van der Waals surface area contributed by atoms with E-state index in [1.165, 1.54) is 153 Å². The second-order valence-corrected chi connectivity index (χ2v) is 11.3. The number of phenolic OH excluding ortho intramolecular Hbond substituents is 1. The second kappa shape index (κ2) is 23.4. The Labute approximate surface area is 220 Å². The molecule has 2 unspecified atom stereocenters. The molecule has 1 N–H and O–H groups in total. The fraction of sp³-hybridized carbons (Fsp3) is 0.824. The van der Waals surface area contributed by atoms with Gasteiger partial charge in [-0.1, -0.05) is 167 Å². The Bertz CT molecular complexity index is 565. The minimum Gasteiger partial charge on any atom is -0.508 e. The number of phenols is 1. The lowest BCUT2D eigenvalue weighted by Crippen LogP contribution is -2.14. The van der Waals surface area contributed by atoms with Gasteiger partial charge in [0.05, 0.1) is 0 Å². The highest BCUT2D eigenvalue weighted by Gasteiger charge is 2.24. The minimum absolute atomic E-state index is 0.530. The van der Waals surface area contributed by atoms with Crippen LogP contribution in [0.25, 0.3) is 0 Å². The fourth-order valence-corrected chi connectivity index (χ4v) is 5.86. The van der Waals surface area contributed by atoms with Gasteiger partial charge in [-0.2, -0.15) is 0 Å². The Balaban J connectivity index is 2.64. The van der Waals surface area contributed by atoms with Crippen LogP contribution in [-0.4, -0.2) is 5.11 Å². The van der Waals surface area contributed by atoms with Gasteiger partial charge in [0, 0.05) is 0 Å². The van der Waals surface area contributed by atoms with Crippen LogP contribution >= 0.6 is 0 Å². The molecule has 204 valence electrons. The molecule has 0 bridgehead atoms. The first-order valence-corrected chi connectivity index (χ1v) is 16.0. The second-order valence-electron chi connectivity index (χ2n) is 11.3. The first kappa shape index (κ1) is 32.0. The quantitative estimate of drug-likeness (QED) is 0.136. The van der Waals surface area contributed by atoms with Crippen LogP contribution in [0.2, 0.25) is 0 Å². The summed E-state index contributed by atoms with van der Waals surface area (Å²) in [5.74, 6) is 1.79. The average Bonchev–Trinajstić information content (AvgIpc) is 2.87. The van der Waals surface area contributed by atoms with E-state index in [0.29, 0.717) is 11.7 Å². The van der Waals surface area contributed by atoms with Gasteiger partial charge < -0.3 is 5.11 Å². The van der Waals surface area contributed by atoms with E-state index in [-0.39, 0.29) is 0 Å². The van der Waals surface area contributed by atoms with Crippen molar-refractivity contribution in [2.75, 3.05) is 0 Å². The van der Waals surface area contributed by atoms with Crippen LogP contribution in [0.15, 0.2) is 24.3 Å². The first-order chi connectivity index (χ1) is 17.2. The summed E-state index contributed by atoms with van der Waals surface area (Å²) < 4.78 is 0. The lowest BCUT2D eigenvalue weighted by atomic mass is 9.76. The molecule has 0 radical (unpaired) electrons. The Kier molecular flexibility index (Phi) is 21.4. The van der Waals surface area contributed by atoms with Gasteiger partial charge in [-0.15, -0.1) is 0 Å². The molecule has 0 saturated heterocycles. The van der Waals surface area contributed by atoms with Gasteiger partial charge in [0.1, 0.15) is 5.75 Å². The molecule has 1 nitrogen and oxygen atoms in total. The van der Waals surface area contributed by atoms with Gasteiger partial charge in [-0.25, -0.2) is 0 Å². The third-order valence-electron chi connectivity index (χ3n) is 8.13. The standard InChI is InChI=1S/C34H62O/c1-4-7-10-13-15-16-18-20-23-28-32(33-29-24-25-30-34(33)35)31(26-21-12-9-6-3)27-22-19-17-14-11-8-5-2/h24-25,29-32,35H,4-23,26-28H2,1-3H3. The van der Waals surface area contributed by atoms with Gasteiger partial charge in [-0.05, 0) is 42.7 Å². The fourth-order valence-electron chi connectivity index (χ4n) is 5.86. The van der Waals surface area contributed by atoms with Crippen LogP contribution in [0.4, 0.5) is 0 Å². The Hall–Kier alpha value is -0.980. The van der Waals surface area contributed by atoms with Gasteiger partial charge in [0.15, 0.2) is 0 Å². The van der Waals surface area contributed by atoms with Crippen molar-refractivity contribution in [1.82, 2.24) is 0 Å². The maximum Gasteiger partial charge on any atom is 0.119 e. The first-order valence-electron chi connectivity index (χ1n) is 16.0. The molecule has 0 saturated carbocycles. The number of para-hydroxylation sites is 1. The molecule has 1 aromatic carbocycles. The van der Waals surface area contributed by atoms with E-state index in [1.54, 1.807) is 0 Å². The molecule has 0 aromatic heterocycles. The van der Waals surface area contributed by atoms with Crippen molar-refractivity contribution in [2.45, 2.75) is 174 Å². The van der Waals surface area contributed by atoms with E-state index in [9.17, 15) is 5.11 Å². The molecule has 35 heavy (non-hydrogen) atoms. The predicted molar refractivity (Wildman–Crippen MR) is 158 cm³/mol. The van der Waals surface area contributed by atoms with Crippen molar-refractivity contribution in [3.63, 3.8) is 0 Å². The largest absolute Gasteiger partial charge is 0.508 e. The Morgan fingerprint density at radius 3 is 1.31 bits per heavy atom. The van der Waals surface area contributed by atoms with Crippen molar-refractivity contribution in [2.24, 2.45) is 5.92 Å². The molecule has 0 amide bonds. The maximum atomic E-state index is 10.8. The minimum atomic E-state index is 0.530. The molecular formula is C34H62O. The zero-order valence-corrected chi connectivity index (χ0v) is 24.2. The summed E-state index contributed by atoms with van der Waals surface area (Å²) in [6.45, 7) is 6.91. The number of aromatic hydroxyl groups is 1. The van der Waals surface area contributed by atoms with Gasteiger partial charge in [-0.3, -0.25) is 0 Å². The highest BCUT2D eigenvalue weighted by molar-refractivity contribution is 5.35. The molecule has 1 rings (SSSR count). The zero-order chi connectivity index (χ0) is 25.4. The van der Waals surface area contributed by atoms with E-state index >= 15 is 0 Å².